The molecule has 0 saturated carbocycles. The Hall–Kier alpha value is -2.47. The Morgan fingerprint density at radius 3 is 2.83 bits per heavy atom. The number of halogens is 1. The van der Waals surface area contributed by atoms with Crippen molar-refractivity contribution in [1.29, 1.82) is 0 Å². The molecule has 0 unspecified atom stereocenters. The van der Waals surface area contributed by atoms with Crippen LogP contribution in [0.4, 0.5) is 0 Å². The third-order valence-electron chi connectivity index (χ3n) is 3.55. The van der Waals surface area contributed by atoms with Gasteiger partial charge in [-0.2, -0.15) is 0 Å². The molecule has 2 aromatic rings. The standard InChI is InChI=1S/C18H16BrNO4/c1-22-15-5-3-2-4-13(15)10-20-18(21)7-6-12-8-16-17(9-14(12)19)24-11-23-16/h2-9H,10-11H2,1H3,(H,20,21). The van der Waals surface area contributed by atoms with Crippen LogP contribution in [0.15, 0.2) is 46.9 Å². The number of methoxy groups -OCH3 is 1. The monoisotopic (exact) mass is 389 g/mol. The van der Waals surface area contributed by atoms with Crippen molar-refractivity contribution >= 4 is 27.9 Å². The van der Waals surface area contributed by atoms with Crippen LogP contribution in [0.25, 0.3) is 6.08 Å². The van der Waals surface area contributed by atoms with Gasteiger partial charge in [0.05, 0.1) is 7.11 Å². The lowest BCUT2D eigenvalue weighted by Crippen LogP contribution is -2.20. The first-order valence-corrected chi connectivity index (χ1v) is 8.13. The molecule has 0 radical (unpaired) electrons. The summed E-state index contributed by atoms with van der Waals surface area (Å²) in [6.45, 7) is 0.615. The van der Waals surface area contributed by atoms with E-state index in [1.54, 1.807) is 13.2 Å². The maximum atomic E-state index is 12.0. The van der Waals surface area contributed by atoms with Gasteiger partial charge >= 0.3 is 0 Å². The Balaban J connectivity index is 1.64. The fourth-order valence-electron chi connectivity index (χ4n) is 2.32. The minimum Gasteiger partial charge on any atom is -0.496 e. The van der Waals surface area contributed by atoms with Crippen molar-refractivity contribution in [3.63, 3.8) is 0 Å². The van der Waals surface area contributed by atoms with Crippen molar-refractivity contribution in [2.75, 3.05) is 13.9 Å². The predicted octanol–water partition coefficient (Wildman–Crippen LogP) is 3.52. The van der Waals surface area contributed by atoms with E-state index in [1.807, 2.05) is 36.4 Å². The number of rotatable bonds is 5. The Bertz CT molecular complexity index is 789. The van der Waals surface area contributed by atoms with Gasteiger partial charge < -0.3 is 19.5 Å². The molecule has 0 spiro atoms. The molecule has 1 aliphatic heterocycles. The average Bonchev–Trinajstić information content (AvgIpc) is 3.05. The molecule has 24 heavy (non-hydrogen) atoms. The summed E-state index contributed by atoms with van der Waals surface area (Å²) in [7, 11) is 1.61. The first-order valence-electron chi connectivity index (χ1n) is 7.34. The topological polar surface area (TPSA) is 56.8 Å². The van der Waals surface area contributed by atoms with Crippen molar-refractivity contribution < 1.29 is 19.0 Å². The van der Waals surface area contributed by atoms with E-state index < -0.39 is 0 Å². The molecule has 5 nitrogen and oxygen atoms in total. The van der Waals surface area contributed by atoms with Crippen LogP contribution in [0, 0.1) is 0 Å². The van der Waals surface area contributed by atoms with Crippen LogP contribution in [0.2, 0.25) is 0 Å². The van der Waals surface area contributed by atoms with Gasteiger partial charge in [-0.15, -0.1) is 0 Å². The number of hydrogen-bond acceptors (Lipinski definition) is 4. The second kappa shape index (κ2) is 7.40. The highest BCUT2D eigenvalue weighted by Gasteiger charge is 2.15. The molecule has 0 aliphatic carbocycles. The molecule has 1 amide bonds. The van der Waals surface area contributed by atoms with E-state index >= 15 is 0 Å². The maximum Gasteiger partial charge on any atom is 0.244 e. The predicted molar refractivity (Wildman–Crippen MR) is 94.1 cm³/mol. The summed E-state index contributed by atoms with van der Waals surface area (Å²) < 4.78 is 16.7. The van der Waals surface area contributed by atoms with Crippen LogP contribution in [-0.2, 0) is 11.3 Å². The van der Waals surface area contributed by atoms with Crippen LogP contribution in [0.5, 0.6) is 17.2 Å². The summed E-state index contributed by atoms with van der Waals surface area (Å²) in [6.07, 6.45) is 3.21. The van der Waals surface area contributed by atoms with Crippen LogP contribution >= 0.6 is 15.9 Å². The molecule has 0 saturated heterocycles. The van der Waals surface area contributed by atoms with Crippen LogP contribution in [0.3, 0.4) is 0 Å². The zero-order valence-electron chi connectivity index (χ0n) is 13.0. The Morgan fingerprint density at radius 2 is 2.04 bits per heavy atom. The highest BCUT2D eigenvalue weighted by atomic mass is 79.9. The van der Waals surface area contributed by atoms with Crippen molar-refractivity contribution in [2.24, 2.45) is 0 Å². The summed E-state index contributed by atoms with van der Waals surface area (Å²) in [5.74, 6) is 1.93. The number of benzene rings is 2. The fraction of sp³-hybridized carbons (Fsp3) is 0.167. The minimum absolute atomic E-state index is 0.189. The van der Waals surface area contributed by atoms with Gasteiger partial charge in [0.1, 0.15) is 5.75 Å². The summed E-state index contributed by atoms with van der Waals surface area (Å²) in [5, 5.41) is 2.84. The third kappa shape index (κ3) is 3.71. The Labute approximate surface area is 148 Å². The van der Waals surface area contributed by atoms with E-state index in [1.165, 1.54) is 6.08 Å². The van der Waals surface area contributed by atoms with Gasteiger partial charge in [-0.25, -0.2) is 0 Å². The minimum atomic E-state index is -0.189. The number of carbonyl (C=O) groups is 1. The summed E-state index contributed by atoms with van der Waals surface area (Å²) in [5.41, 5.74) is 1.76. The molecule has 1 N–H and O–H groups in total. The van der Waals surface area contributed by atoms with Gasteiger partial charge in [0, 0.05) is 22.7 Å². The number of nitrogens with one attached hydrogen (secondary N) is 1. The van der Waals surface area contributed by atoms with Gasteiger partial charge in [-0.05, 0) is 29.8 Å². The number of hydrogen-bond donors (Lipinski definition) is 1. The van der Waals surface area contributed by atoms with Crippen LogP contribution < -0.4 is 19.5 Å². The number of fused-ring (bicyclic) bond motifs is 1. The average molecular weight is 390 g/mol. The summed E-state index contributed by atoms with van der Waals surface area (Å²) in [4.78, 5) is 12.0. The summed E-state index contributed by atoms with van der Waals surface area (Å²) >= 11 is 3.46. The molecule has 6 heteroatoms. The largest absolute Gasteiger partial charge is 0.496 e. The lowest BCUT2D eigenvalue weighted by Gasteiger charge is -2.08. The second-order valence-electron chi connectivity index (χ2n) is 5.09. The highest BCUT2D eigenvalue weighted by Crippen LogP contribution is 2.37. The van der Waals surface area contributed by atoms with Gasteiger partial charge in [0.2, 0.25) is 12.7 Å². The van der Waals surface area contributed by atoms with Gasteiger partial charge in [0.15, 0.2) is 11.5 Å². The van der Waals surface area contributed by atoms with Gasteiger partial charge in [0.25, 0.3) is 0 Å². The van der Waals surface area contributed by atoms with Gasteiger partial charge in [-0.1, -0.05) is 34.1 Å². The fourth-order valence-corrected chi connectivity index (χ4v) is 2.77. The molecule has 0 bridgehead atoms. The zero-order chi connectivity index (χ0) is 16.9. The van der Waals surface area contributed by atoms with Crippen molar-refractivity contribution in [3.05, 3.63) is 58.1 Å². The lowest BCUT2D eigenvalue weighted by molar-refractivity contribution is -0.116. The molecule has 0 atom stereocenters. The molecule has 0 aromatic heterocycles. The quantitative estimate of drug-likeness (QED) is 0.794. The molecule has 2 aromatic carbocycles. The van der Waals surface area contributed by atoms with Crippen molar-refractivity contribution in [3.8, 4) is 17.2 Å². The SMILES string of the molecule is COc1ccccc1CNC(=O)C=Cc1cc2c(cc1Br)OCO2. The molecular weight excluding hydrogens is 374 g/mol. The molecular formula is C18H16BrNO4. The number of ether oxygens (including phenoxy) is 3. The van der Waals surface area contributed by atoms with Gasteiger partial charge in [-0.3, -0.25) is 4.79 Å². The number of carbonyl (C=O) groups excluding carboxylic acids is 1. The van der Waals surface area contributed by atoms with E-state index in [-0.39, 0.29) is 12.7 Å². The van der Waals surface area contributed by atoms with Crippen LogP contribution in [-0.4, -0.2) is 19.8 Å². The smallest absolute Gasteiger partial charge is 0.244 e. The molecule has 0 fully saturated rings. The molecule has 1 aliphatic rings. The number of amides is 1. The highest BCUT2D eigenvalue weighted by molar-refractivity contribution is 9.10. The molecule has 1 heterocycles. The Kier molecular flexibility index (Phi) is 5.05. The van der Waals surface area contributed by atoms with E-state index in [9.17, 15) is 4.79 Å². The molecule has 124 valence electrons. The van der Waals surface area contributed by atoms with E-state index in [0.29, 0.717) is 18.0 Å². The van der Waals surface area contributed by atoms with E-state index in [0.717, 1.165) is 21.3 Å². The first-order chi connectivity index (χ1) is 11.7. The second-order valence-corrected chi connectivity index (χ2v) is 5.94. The molecule has 3 rings (SSSR count). The maximum absolute atomic E-state index is 12.0. The Morgan fingerprint density at radius 1 is 1.29 bits per heavy atom. The first kappa shape index (κ1) is 16.4. The van der Waals surface area contributed by atoms with Crippen molar-refractivity contribution in [1.82, 2.24) is 5.32 Å². The lowest BCUT2D eigenvalue weighted by atomic mass is 10.2. The van der Waals surface area contributed by atoms with E-state index in [4.69, 9.17) is 14.2 Å². The van der Waals surface area contributed by atoms with E-state index in [2.05, 4.69) is 21.2 Å². The number of para-hydroxylation sites is 1. The summed E-state index contributed by atoms with van der Waals surface area (Å²) in [6, 6.07) is 11.2. The third-order valence-corrected chi connectivity index (χ3v) is 4.24. The van der Waals surface area contributed by atoms with Crippen molar-refractivity contribution in [2.45, 2.75) is 6.54 Å². The van der Waals surface area contributed by atoms with Crippen LogP contribution in [0.1, 0.15) is 11.1 Å². The zero-order valence-corrected chi connectivity index (χ0v) is 14.6. The normalized spacial score (nSPS) is 12.4.